The van der Waals surface area contributed by atoms with Gasteiger partial charge in [0.2, 0.25) is 0 Å². The predicted octanol–water partition coefficient (Wildman–Crippen LogP) is 3.16. The van der Waals surface area contributed by atoms with Gasteiger partial charge in [0.25, 0.3) is 0 Å². The average molecular weight is 282 g/mol. The quantitative estimate of drug-likeness (QED) is 0.912. The third-order valence-electron chi connectivity index (χ3n) is 3.08. The topological polar surface area (TPSA) is 29.3 Å². The summed E-state index contributed by atoms with van der Waals surface area (Å²) in [5, 5.41) is 1.99. The Morgan fingerprint density at radius 3 is 2.68 bits per heavy atom. The van der Waals surface area contributed by atoms with Gasteiger partial charge in [0.1, 0.15) is 0 Å². The Hall–Kier alpha value is -1.30. The Balaban J connectivity index is 2.21. The summed E-state index contributed by atoms with van der Waals surface area (Å²) in [4.78, 5) is 3.10. The first kappa shape index (κ1) is 14.1. The second-order valence-corrected chi connectivity index (χ2v) is 5.42. The average Bonchev–Trinajstić information content (AvgIpc) is 2.88. The zero-order chi connectivity index (χ0) is 13.8. The van der Waals surface area contributed by atoms with Gasteiger partial charge < -0.3 is 5.73 Å². The number of likely N-dealkylation sites (N-methyl/N-ethyl adjacent to an activating group) is 1. The van der Waals surface area contributed by atoms with Crippen molar-refractivity contribution in [3.8, 4) is 0 Å². The van der Waals surface area contributed by atoms with Gasteiger partial charge in [-0.3, -0.25) is 4.90 Å². The molecule has 0 aliphatic rings. The van der Waals surface area contributed by atoms with Gasteiger partial charge in [-0.15, -0.1) is 11.3 Å². The van der Waals surface area contributed by atoms with Crippen LogP contribution in [0.15, 0.2) is 35.7 Å². The SMILES string of the molecule is CN(Cc1cccs1)C(CN)c1cccc(F)c1F. The van der Waals surface area contributed by atoms with E-state index in [0.717, 1.165) is 10.9 Å². The van der Waals surface area contributed by atoms with Crippen molar-refractivity contribution in [2.24, 2.45) is 5.73 Å². The summed E-state index contributed by atoms with van der Waals surface area (Å²) >= 11 is 1.63. The van der Waals surface area contributed by atoms with Crippen LogP contribution in [0.25, 0.3) is 0 Å². The second kappa shape index (κ2) is 6.23. The fraction of sp³-hybridized carbons (Fsp3) is 0.286. The van der Waals surface area contributed by atoms with Crippen molar-refractivity contribution in [2.45, 2.75) is 12.6 Å². The van der Waals surface area contributed by atoms with E-state index in [0.29, 0.717) is 12.1 Å². The molecule has 0 fully saturated rings. The Bertz CT molecular complexity index is 528. The van der Waals surface area contributed by atoms with E-state index in [1.807, 2.05) is 29.5 Å². The molecule has 1 unspecified atom stereocenters. The van der Waals surface area contributed by atoms with E-state index in [2.05, 4.69) is 0 Å². The first-order valence-electron chi connectivity index (χ1n) is 6.00. The standard InChI is InChI=1S/C14H16F2N2S/c1-18(9-10-4-3-7-19-10)13(8-17)11-5-2-6-12(15)14(11)16/h2-7,13H,8-9,17H2,1H3. The van der Waals surface area contributed by atoms with E-state index in [-0.39, 0.29) is 12.6 Å². The third kappa shape index (κ3) is 3.18. The van der Waals surface area contributed by atoms with E-state index in [1.54, 1.807) is 17.4 Å². The zero-order valence-electron chi connectivity index (χ0n) is 10.6. The number of nitrogens with two attached hydrogens (primary N) is 1. The smallest absolute Gasteiger partial charge is 0.163 e. The summed E-state index contributed by atoms with van der Waals surface area (Å²) in [5.74, 6) is -1.64. The van der Waals surface area contributed by atoms with Gasteiger partial charge in [0.15, 0.2) is 11.6 Å². The van der Waals surface area contributed by atoms with Crippen LogP contribution >= 0.6 is 11.3 Å². The molecule has 2 rings (SSSR count). The number of benzene rings is 1. The maximum Gasteiger partial charge on any atom is 0.163 e. The summed E-state index contributed by atoms with van der Waals surface area (Å²) < 4.78 is 27.1. The molecule has 102 valence electrons. The molecule has 0 bridgehead atoms. The van der Waals surface area contributed by atoms with Crippen LogP contribution in [0.4, 0.5) is 8.78 Å². The first-order chi connectivity index (χ1) is 9.13. The van der Waals surface area contributed by atoms with Crippen LogP contribution < -0.4 is 5.73 Å². The van der Waals surface area contributed by atoms with Crippen LogP contribution in [0, 0.1) is 11.6 Å². The van der Waals surface area contributed by atoms with E-state index in [9.17, 15) is 8.78 Å². The monoisotopic (exact) mass is 282 g/mol. The Morgan fingerprint density at radius 1 is 1.26 bits per heavy atom. The number of rotatable bonds is 5. The highest BCUT2D eigenvalue weighted by molar-refractivity contribution is 7.09. The van der Waals surface area contributed by atoms with Crippen molar-refractivity contribution in [2.75, 3.05) is 13.6 Å². The van der Waals surface area contributed by atoms with Crippen LogP contribution in [-0.2, 0) is 6.54 Å². The highest BCUT2D eigenvalue weighted by Gasteiger charge is 2.21. The molecular weight excluding hydrogens is 266 g/mol. The molecule has 0 aliphatic heterocycles. The molecule has 1 aromatic carbocycles. The van der Waals surface area contributed by atoms with Gasteiger partial charge in [-0.25, -0.2) is 8.78 Å². The number of nitrogens with zero attached hydrogens (tertiary/aromatic N) is 1. The summed E-state index contributed by atoms with van der Waals surface area (Å²) in [6, 6.07) is 7.85. The highest BCUT2D eigenvalue weighted by atomic mass is 32.1. The summed E-state index contributed by atoms with van der Waals surface area (Å²) in [6.45, 7) is 0.901. The lowest BCUT2D eigenvalue weighted by Gasteiger charge is -2.27. The van der Waals surface area contributed by atoms with Gasteiger partial charge >= 0.3 is 0 Å². The van der Waals surface area contributed by atoms with Crippen LogP contribution in [0.2, 0.25) is 0 Å². The normalized spacial score (nSPS) is 12.9. The Morgan fingerprint density at radius 2 is 2.05 bits per heavy atom. The van der Waals surface area contributed by atoms with Crippen molar-refractivity contribution < 1.29 is 8.78 Å². The molecule has 0 saturated carbocycles. The number of halogens is 2. The van der Waals surface area contributed by atoms with Gasteiger partial charge in [0, 0.05) is 23.5 Å². The van der Waals surface area contributed by atoms with Crippen LogP contribution in [0.1, 0.15) is 16.5 Å². The van der Waals surface area contributed by atoms with E-state index in [4.69, 9.17) is 5.73 Å². The van der Waals surface area contributed by atoms with Crippen LogP contribution in [0.3, 0.4) is 0 Å². The fourth-order valence-corrected chi connectivity index (χ4v) is 2.85. The van der Waals surface area contributed by atoms with Crippen molar-refractivity contribution in [1.29, 1.82) is 0 Å². The second-order valence-electron chi connectivity index (χ2n) is 4.39. The van der Waals surface area contributed by atoms with Gasteiger partial charge in [-0.05, 0) is 24.6 Å². The molecule has 0 amide bonds. The number of hydrogen-bond acceptors (Lipinski definition) is 3. The molecule has 0 saturated heterocycles. The van der Waals surface area contributed by atoms with Crippen molar-refractivity contribution in [3.05, 3.63) is 57.8 Å². The molecule has 1 aromatic heterocycles. The zero-order valence-corrected chi connectivity index (χ0v) is 11.5. The molecule has 2 nitrogen and oxygen atoms in total. The lowest BCUT2D eigenvalue weighted by atomic mass is 10.0. The van der Waals surface area contributed by atoms with E-state index in [1.165, 1.54) is 6.07 Å². The molecule has 0 spiro atoms. The van der Waals surface area contributed by atoms with Gasteiger partial charge in [-0.1, -0.05) is 18.2 Å². The number of hydrogen-bond donors (Lipinski definition) is 1. The molecule has 2 N–H and O–H groups in total. The Labute approximate surface area is 115 Å². The molecule has 1 heterocycles. The molecule has 0 radical (unpaired) electrons. The predicted molar refractivity (Wildman–Crippen MR) is 73.9 cm³/mol. The molecule has 1 atom stereocenters. The summed E-state index contributed by atoms with van der Waals surface area (Å²) in [7, 11) is 1.86. The van der Waals surface area contributed by atoms with E-state index < -0.39 is 11.6 Å². The minimum absolute atomic E-state index is 0.238. The molecule has 19 heavy (non-hydrogen) atoms. The minimum Gasteiger partial charge on any atom is -0.329 e. The molecule has 0 aliphatic carbocycles. The van der Waals surface area contributed by atoms with Crippen LogP contribution in [-0.4, -0.2) is 18.5 Å². The van der Waals surface area contributed by atoms with Gasteiger partial charge in [-0.2, -0.15) is 0 Å². The maximum atomic E-state index is 13.8. The van der Waals surface area contributed by atoms with Crippen LogP contribution in [0.5, 0.6) is 0 Å². The first-order valence-corrected chi connectivity index (χ1v) is 6.88. The minimum atomic E-state index is -0.833. The molecular formula is C14H16F2N2S. The summed E-state index contributed by atoms with van der Waals surface area (Å²) in [6.07, 6.45) is 0. The van der Waals surface area contributed by atoms with Crippen molar-refractivity contribution >= 4 is 11.3 Å². The van der Waals surface area contributed by atoms with E-state index >= 15 is 0 Å². The summed E-state index contributed by atoms with van der Waals surface area (Å²) in [5.41, 5.74) is 6.03. The van der Waals surface area contributed by atoms with Gasteiger partial charge in [0.05, 0.1) is 6.04 Å². The molecule has 5 heteroatoms. The lowest BCUT2D eigenvalue weighted by molar-refractivity contribution is 0.237. The Kier molecular flexibility index (Phi) is 4.63. The fourth-order valence-electron chi connectivity index (χ4n) is 2.08. The van der Waals surface area contributed by atoms with Crippen molar-refractivity contribution in [3.63, 3.8) is 0 Å². The van der Waals surface area contributed by atoms with Crippen molar-refractivity contribution in [1.82, 2.24) is 4.90 Å². The lowest BCUT2D eigenvalue weighted by Crippen LogP contribution is -2.30. The number of thiophene rings is 1. The maximum absolute atomic E-state index is 13.8. The largest absolute Gasteiger partial charge is 0.329 e. The highest BCUT2D eigenvalue weighted by Crippen LogP contribution is 2.25. The third-order valence-corrected chi connectivity index (χ3v) is 3.94. The molecule has 2 aromatic rings.